The third kappa shape index (κ3) is 5.18. The van der Waals surface area contributed by atoms with Crippen molar-refractivity contribution in [1.29, 1.82) is 0 Å². The van der Waals surface area contributed by atoms with Gasteiger partial charge in [-0.2, -0.15) is 0 Å². The van der Waals surface area contributed by atoms with E-state index in [1.807, 2.05) is 13.8 Å². The first-order valence-electron chi connectivity index (χ1n) is 6.45. The predicted molar refractivity (Wildman–Crippen MR) is 77.9 cm³/mol. The van der Waals surface area contributed by atoms with E-state index in [2.05, 4.69) is 5.32 Å². The maximum absolute atomic E-state index is 12.0. The molecule has 1 aromatic rings. The van der Waals surface area contributed by atoms with Gasteiger partial charge in [0.25, 0.3) is 5.91 Å². The maximum Gasteiger partial charge on any atom is 0.326 e. The minimum absolute atomic E-state index is 0.107. The van der Waals surface area contributed by atoms with E-state index in [9.17, 15) is 18.0 Å². The monoisotopic (exact) mass is 313 g/mol. The van der Waals surface area contributed by atoms with Gasteiger partial charge in [0.2, 0.25) is 0 Å². The summed E-state index contributed by atoms with van der Waals surface area (Å²) in [5.74, 6) is -1.51. The van der Waals surface area contributed by atoms with E-state index in [1.54, 1.807) is 0 Å². The lowest BCUT2D eigenvalue weighted by molar-refractivity contribution is -0.139. The molecule has 0 spiro atoms. The molecule has 0 heterocycles. The Labute approximate surface area is 124 Å². The molecule has 0 aliphatic rings. The number of carboxylic acids is 1. The van der Waals surface area contributed by atoms with E-state index in [1.165, 1.54) is 24.3 Å². The molecule has 1 aromatic carbocycles. The van der Waals surface area contributed by atoms with Crippen LogP contribution in [0.25, 0.3) is 0 Å². The average Bonchev–Trinajstić information content (AvgIpc) is 2.36. The summed E-state index contributed by atoms with van der Waals surface area (Å²) in [6.07, 6.45) is 1.40. The Hall–Kier alpha value is -1.89. The molecule has 1 atom stereocenters. The van der Waals surface area contributed by atoms with Crippen LogP contribution < -0.4 is 5.32 Å². The fourth-order valence-corrected chi connectivity index (χ4v) is 2.42. The molecular weight excluding hydrogens is 294 g/mol. The SMILES string of the molecule is CC(C)CC(NC(=O)c1ccc(S(C)(=O)=O)cc1)C(=O)O. The van der Waals surface area contributed by atoms with Crippen LogP contribution in [-0.2, 0) is 14.6 Å². The van der Waals surface area contributed by atoms with Gasteiger partial charge in [-0.15, -0.1) is 0 Å². The van der Waals surface area contributed by atoms with E-state index in [0.29, 0.717) is 6.42 Å². The van der Waals surface area contributed by atoms with E-state index in [-0.39, 0.29) is 16.4 Å². The topological polar surface area (TPSA) is 101 Å². The number of rotatable bonds is 6. The first-order valence-corrected chi connectivity index (χ1v) is 8.34. The third-order valence-corrected chi connectivity index (χ3v) is 3.98. The lowest BCUT2D eigenvalue weighted by Crippen LogP contribution is -2.41. The molecule has 1 rings (SSSR count). The molecule has 0 saturated heterocycles. The van der Waals surface area contributed by atoms with Gasteiger partial charge < -0.3 is 10.4 Å². The Balaban J connectivity index is 2.86. The second-order valence-electron chi connectivity index (χ2n) is 5.29. The van der Waals surface area contributed by atoms with Crippen LogP contribution in [0.1, 0.15) is 30.6 Å². The van der Waals surface area contributed by atoms with Crippen molar-refractivity contribution in [2.75, 3.05) is 6.26 Å². The van der Waals surface area contributed by atoms with Gasteiger partial charge in [0.1, 0.15) is 6.04 Å². The van der Waals surface area contributed by atoms with Crippen LogP contribution in [0, 0.1) is 5.92 Å². The molecule has 7 heteroatoms. The summed E-state index contributed by atoms with van der Waals surface area (Å²) in [5.41, 5.74) is 0.220. The molecule has 0 saturated carbocycles. The van der Waals surface area contributed by atoms with Crippen LogP contribution in [0.5, 0.6) is 0 Å². The van der Waals surface area contributed by atoms with Crippen LogP contribution in [0.4, 0.5) is 0 Å². The van der Waals surface area contributed by atoms with E-state index >= 15 is 0 Å². The Morgan fingerprint density at radius 2 is 1.71 bits per heavy atom. The first-order chi connectivity index (χ1) is 9.61. The van der Waals surface area contributed by atoms with Crippen LogP contribution in [0.3, 0.4) is 0 Å². The van der Waals surface area contributed by atoms with Crippen LogP contribution in [0.2, 0.25) is 0 Å². The Kier molecular flexibility index (Phi) is 5.48. The summed E-state index contributed by atoms with van der Waals surface area (Å²) in [6, 6.07) is 4.40. The summed E-state index contributed by atoms with van der Waals surface area (Å²) in [4.78, 5) is 23.2. The van der Waals surface area contributed by atoms with Gasteiger partial charge in [0.05, 0.1) is 4.90 Å². The van der Waals surface area contributed by atoms with E-state index in [4.69, 9.17) is 5.11 Å². The van der Waals surface area contributed by atoms with Crippen molar-refractivity contribution in [3.8, 4) is 0 Å². The first kappa shape index (κ1) is 17.2. The number of carbonyl (C=O) groups is 2. The van der Waals surface area contributed by atoms with Gasteiger partial charge in [-0.25, -0.2) is 13.2 Å². The highest BCUT2D eigenvalue weighted by atomic mass is 32.2. The van der Waals surface area contributed by atoms with Crippen molar-refractivity contribution in [3.05, 3.63) is 29.8 Å². The Morgan fingerprint density at radius 3 is 2.10 bits per heavy atom. The van der Waals surface area contributed by atoms with Crippen molar-refractivity contribution in [2.45, 2.75) is 31.2 Å². The molecular formula is C14H19NO5S. The van der Waals surface area contributed by atoms with Crippen molar-refractivity contribution in [2.24, 2.45) is 5.92 Å². The van der Waals surface area contributed by atoms with E-state index < -0.39 is 27.8 Å². The lowest BCUT2D eigenvalue weighted by atomic mass is 10.0. The fourth-order valence-electron chi connectivity index (χ4n) is 1.79. The van der Waals surface area contributed by atoms with Crippen molar-refractivity contribution >= 4 is 21.7 Å². The van der Waals surface area contributed by atoms with Gasteiger partial charge in [0.15, 0.2) is 9.84 Å². The number of sulfone groups is 1. The summed E-state index contributed by atoms with van der Waals surface area (Å²) in [5, 5.41) is 11.5. The zero-order valence-corrected chi connectivity index (χ0v) is 13.0. The van der Waals surface area contributed by atoms with Crippen LogP contribution >= 0.6 is 0 Å². The van der Waals surface area contributed by atoms with Gasteiger partial charge in [-0.1, -0.05) is 13.8 Å². The zero-order chi connectivity index (χ0) is 16.2. The molecule has 1 unspecified atom stereocenters. The highest BCUT2D eigenvalue weighted by Gasteiger charge is 2.21. The molecule has 6 nitrogen and oxygen atoms in total. The van der Waals surface area contributed by atoms with Gasteiger partial charge >= 0.3 is 5.97 Å². The van der Waals surface area contributed by atoms with Crippen LogP contribution in [-0.4, -0.2) is 37.7 Å². The van der Waals surface area contributed by atoms with Crippen molar-refractivity contribution in [3.63, 3.8) is 0 Å². The molecule has 2 N–H and O–H groups in total. The molecule has 0 aromatic heterocycles. The quantitative estimate of drug-likeness (QED) is 0.825. The largest absolute Gasteiger partial charge is 0.480 e. The summed E-state index contributed by atoms with van der Waals surface area (Å²) >= 11 is 0. The van der Waals surface area contributed by atoms with Gasteiger partial charge in [-0.3, -0.25) is 4.79 Å². The number of hydrogen-bond donors (Lipinski definition) is 2. The number of aliphatic carboxylic acids is 1. The maximum atomic E-state index is 12.0. The molecule has 116 valence electrons. The average molecular weight is 313 g/mol. The predicted octanol–water partition coefficient (Wildman–Crippen LogP) is 1.32. The number of hydrogen-bond acceptors (Lipinski definition) is 4. The highest BCUT2D eigenvalue weighted by molar-refractivity contribution is 7.90. The standard InChI is InChI=1S/C14H19NO5S/c1-9(2)8-12(14(17)18)15-13(16)10-4-6-11(7-5-10)21(3,19)20/h4-7,9,12H,8H2,1-3H3,(H,15,16)(H,17,18). The molecule has 0 radical (unpaired) electrons. The molecule has 0 bridgehead atoms. The molecule has 0 aliphatic heterocycles. The number of benzene rings is 1. The minimum Gasteiger partial charge on any atom is -0.480 e. The second kappa shape index (κ2) is 6.71. The summed E-state index contributed by atoms with van der Waals surface area (Å²) in [6.45, 7) is 3.73. The highest BCUT2D eigenvalue weighted by Crippen LogP contribution is 2.11. The molecule has 1 amide bonds. The van der Waals surface area contributed by atoms with E-state index in [0.717, 1.165) is 6.26 Å². The summed E-state index contributed by atoms with van der Waals surface area (Å²) < 4.78 is 22.6. The van der Waals surface area contributed by atoms with Crippen molar-refractivity contribution < 1.29 is 23.1 Å². The van der Waals surface area contributed by atoms with Crippen LogP contribution in [0.15, 0.2) is 29.2 Å². The second-order valence-corrected chi connectivity index (χ2v) is 7.31. The number of carboxylic acid groups (broad SMARTS) is 1. The zero-order valence-electron chi connectivity index (χ0n) is 12.2. The smallest absolute Gasteiger partial charge is 0.326 e. The van der Waals surface area contributed by atoms with Gasteiger partial charge in [0, 0.05) is 11.8 Å². The minimum atomic E-state index is -3.32. The Morgan fingerprint density at radius 1 is 1.19 bits per heavy atom. The normalized spacial score (nSPS) is 13.0. The third-order valence-electron chi connectivity index (χ3n) is 2.86. The van der Waals surface area contributed by atoms with Gasteiger partial charge in [-0.05, 0) is 36.6 Å². The number of amides is 1. The summed E-state index contributed by atoms with van der Waals surface area (Å²) in [7, 11) is -3.32. The lowest BCUT2D eigenvalue weighted by Gasteiger charge is -2.16. The molecule has 0 fully saturated rings. The number of carbonyl (C=O) groups excluding carboxylic acids is 1. The molecule has 21 heavy (non-hydrogen) atoms. The molecule has 0 aliphatic carbocycles. The Bertz CT molecular complexity index is 619. The van der Waals surface area contributed by atoms with Crippen molar-refractivity contribution in [1.82, 2.24) is 5.32 Å². The fraction of sp³-hybridized carbons (Fsp3) is 0.429. The number of nitrogens with one attached hydrogen (secondary N) is 1.